The Morgan fingerprint density at radius 2 is 1.73 bits per heavy atom. The van der Waals surface area contributed by atoms with Crippen LogP contribution in [0.5, 0.6) is 0 Å². The molecule has 2 aromatic carbocycles. The van der Waals surface area contributed by atoms with E-state index in [4.69, 9.17) is 0 Å². The van der Waals surface area contributed by atoms with Crippen LogP contribution in [0.2, 0.25) is 0 Å². The van der Waals surface area contributed by atoms with E-state index in [0.29, 0.717) is 5.69 Å². The number of hydrogen-bond donors (Lipinski definition) is 3. The Morgan fingerprint density at radius 3 is 2.35 bits per heavy atom. The van der Waals surface area contributed by atoms with Crippen LogP contribution >= 0.6 is 11.8 Å². The van der Waals surface area contributed by atoms with Gasteiger partial charge < -0.3 is 25.2 Å². The summed E-state index contributed by atoms with van der Waals surface area (Å²) in [6, 6.07) is 13.9. The predicted molar refractivity (Wildman–Crippen MR) is 148 cm³/mol. The summed E-state index contributed by atoms with van der Waals surface area (Å²) in [6.45, 7) is 3.16. The van der Waals surface area contributed by atoms with Crippen molar-refractivity contribution in [2.24, 2.45) is 7.05 Å². The van der Waals surface area contributed by atoms with Gasteiger partial charge in [-0.15, -0.1) is 11.8 Å². The normalized spacial score (nSPS) is 17.8. The average Bonchev–Trinajstić information content (AvgIpc) is 3.49. The van der Waals surface area contributed by atoms with E-state index in [-0.39, 0.29) is 17.9 Å². The molecule has 1 saturated heterocycles. The summed E-state index contributed by atoms with van der Waals surface area (Å²) in [5.74, 6) is -3.27. The van der Waals surface area contributed by atoms with Crippen LogP contribution in [-0.2, 0) is 29.6 Å². The van der Waals surface area contributed by atoms with Crippen LogP contribution < -0.4 is 10.6 Å². The first kappa shape index (κ1) is 29.3. The highest BCUT2D eigenvalue weighted by Crippen LogP contribution is 2.40. The molecule has 40 heavy (non-hydrogen) atoms. The summed E-state index contributed by atoms with van der Waals surface area (Å²) in [5, 5.41) is 16.6. The highest BCUT2D eigenvalue weighted by molar-refractivity contribution is 8.00. The summed E-state index contributed by atoms with van der Waals surface area (Å²) in [4.78, 5) is 41.3. The van der Waals surface area contributed by atoms with E-state index in [9.17, 15) is 28.3 Å². The minimum Gasteiger partial charge on any atom is -0.381 e. The second kappa shape index (κ2) is 12.2. The van der Waals surface area contributed by atoms with Crippen molar-refractivity contribution in [3.8, 4) is 0 Å². The lowest BCUT2D eigenvalue weighted by atomic mass is 9.97. The number of hydrogen-bond acceptors (Lipinski definition) is 5. The van der Waals surface area contributed by atoms with E-state index >= 15 is 0 Å². The number of amides is 3. The molecule has 3 amide bonds. The van der Waals surface area contributed by atoms with Gasteiger partial charge in [0.05, 0.1) is 11.9 Å². The number of aliphatic hydroxyl groups is 1. The molecule has 4 rings (SSSR count). The number of aliphatic hydroxyl groups excluding tert-OH is 1. The SMILES string of the molecule is Cn1cccc1C(=O)N[C@@H](Cc1ccccc1)[C@H](O)C(=O)N1CSC(C)(C)[C@H]1C(=O)NCc1c(F)cccc1F. The van der Waals surface area contributed by atoms with Gasteiger partial charge in [-0.3, -0.25) is 14.4 Å². The highest BCUT2D eigenvalue weighted by Gasteiger charge is 2.49. The first-order valence-corrected chi connectivity index (χ1v) is 13.8. The third-order valence-corrected chi connectivity index (χ3v) is 8.38. The van der Waals surface area contributed by atoms with Gasteiger partial charge in [0.15, 0.2) is 6.10 Å². The van der Waals surface area contributed by atoms with Gasteiger partial charge in [0.2, 0.25) is 5.91 Å². The van der Waals surface area contributed by atoms with Gasteiger partial charge in [0.1, 0.15) is 23.4 Å². The summed E-state index contributed by atoms with van der Waals surface area (Å²) in [6.07, 6.45) is 0.207. The molecule has 0 spiro atoms. The number of aromatic nitrogens is 1. The van der Waals surface area contributed by atoms with E-state index < -0.39 is 58.8 Å². The maximum Gasteiger partial charge on any atom is 0.268 e. The topological polar surface area (TPSA) is 104 Å². The van der Waals surface area contributed by atoms with Crippen molar-refractivity contribution in [1.82, 2.24) is 20.1 Å². The number of halogens is 2. The largest absolute Gasteiger partial charge is 0.381 e. The molecule has 3 N–H and O–H groups in total. The first-order valence-electron chi connectivity index (χ1n) is 12.8. The zero-order valence-corrected chi connectivity index (χ0v) is 23.3. The van der Waals surface area contributed by atoms with Crippen molar-refractivity contribution in [2.75, 3.05) is 5.88 Å². The third-order valence-electron chi connectivity index (χ3n) is 7.00. The maximum atomic E-state index is 14.1. The summed E-state index contributed by atoms with van der Waals surface area (Å²) in [7, 11) is 1.71. The number of rotatable bonds is 9. The fraction of sp³-hybridized carbons (Fsp3) is 0.345. The van der Waals surface area contributed by atoms with E-state index in [2.05, 4.69) is 10.6 Å². The van der Waals surface area contributed by atoms with E-state index in [1.807, 2.05) is 30.3 Å². The molecule has 212 valence electrons. The molecule has 1 aromatic heterocycles. The van der Waals surface area contributed by atoms with Gasteiger partial charge in [-0.05, 0) is 50.1 Å². The molecule has 11 heteroatoms. The smallest absolute Gasteiger partial charge is 0.268 e. The Kier molecular flexibility index (Phi) is 8.95. The van der Waals surface area contributed by atoms with Crippen LogP contribution in [0.25, 0.3) is 0 Å². The Bertz CT molecular complexity index is 1360. The lowest BCUT2D eigenvalue weighted by molar-refractivity contribution is -0.147. The second-order valence-corrected chi connectivity index (χ2v) is 11.8. The van der Waals surface area contributed by atoms with Crippen LogP contribution in [0.3, 0.4) is 0 Å². The van der Waals surface area contributed by atoms with Crippen LogP contribution in [-0.4, -0.2) is 61.1 Å². The zero-order chi connectivity index (χ0) is 29.0. The number of benzene rings is 2. The Labute approximate surface area is 235 Å². The summed E-state index contributed by atoms with van der Waals surface area (Å²) < 4.78 is 29.1. The van der Waals surface area contributed by atoms with Gasteiger partial charge >= 0.3 is 0 Å². The monoisotopic (exact) mass is 570 g/mol. The number of carbonyl (C=O) groups is 3. The van der Waals surface area contributed by atoms with Gasteiger partial charge in [-0.25, -0.2) is 8.78 Å². The molecule has 0 aliphatic carbocycles. The second-order valence-electron chi connectivity index (χ2n) is 10.2. The third kappa shape index (κ3) is 6.37. The molecular formula is C29H32F2N4O4S. The van der Waals surface area contributed by atoms with Gasteiger partial charge in [-0.2, -0.15) is 0 Å². The number of aryl methyl sites for hydroxylation is 1. The Morgan fingerprint density at radius 1 is 1.05 bits per heavy atom. The molecule has 2 heterocycles. The highest BCUT2D eigenvalue weighted by atomic mass is 32.2. The van der Waals surface area contributed by atoms with Crippen LogP contribution in [0.1, 0.15) is 35.5 Å². The molecule has 3 atom stereocenters. The number of carbonyl (C=O) groups excluding carboxylic acids is 3. The van der Waals surface area contributed by atoms with Crippen LogP contribution in [0, 0.1) is 11.6 Å². The van der Waals surface area contributed by atoms with Gasteiger partial charge in [-0.1, -0.05) is 36.4 Å². The Balaban J connectivity index is 1.54. The molecule has 8 nitrogen and oxygen atoms in total. The van der Waals surface area contributed by atoms with Crippen molar-refractivity contribution >= 4 is 29.5 Å². The predicted octanol–water partition coefficient (Wildman–Crippen LogP) is 3.00. The number of nitrogens with zero attached hydrogens (tertiary/aromatic N) is 2. The van der Waals surface area contributed by atoms with E-state index in [0.717, 1.165) is 17.7 Å². The molecule has 1 aliphatic heterocycles. The molecule has 0 bridgehead atoms. The molecule has 0 saturated carbocycles. The van der Waals surface area contributed by atoms with Crippen LogP contribution in [0.4, 0.5) is 8.78 Å². The molecule has 3 aromatic rings. The quantitative estimate of drug-likeness (QED) is 0.367. The fourth-order valence-electron chi connectivity index (χ4n) is 4.78. The summed E-state index contributed by atoms with van der Waals surface area (Å²) >= 11 is 1.34. The molecule has 1 aliphatic rings. The zero-order valence-electron chi connectivity index (χ0n) is 22.4. The van der Waals surface area contributed by atoms with Crippen molar-refractivity contribution in [2.45, 2.75) is 49.7 Å². The lowest BCUT2D eigenvalue weighted by Gasteiger charge is -2.33. The number of thioether (sulfide) groups is 1. The molecule has 0 radical (unpaired) electrons. The van der Waals surface area contributed by atoms with E-state index in [1.165, 1.54) is 22.7 Å². The summed E-state index contributed by atoms with van der Waals surface area (Å²) in [5.41, 5.74) is 0.862. The molecule has 1 fully saturated rings. The van der Waals surface area contributed by atoms with Crippen molar-refractivity contribution in [1.29, 1.82) is 0 Å². The average molecular weight is 571 g/mol. The number of nitrogens with one attached hydrogen (secondary N) is 2. The van der Waals surface area contributed by atoms with E-state index in [1.54, 1.807) is 43.8 Å². The van der Waals surface area contributed by atoms with Crippen LogP contribution in [0.15, 0.2) is 66.9 Å². The van der Waals surface area contributed by atoms with Gasteiger partial charge in [0.25, 0.3) is 11.8 Å². The van der Waals surface area contributed by atoms with Crippen molar-refractivity contribution < 1.29 is 28.3 Å². The minimum absolute atomic E-state index is 0.110. The molecule has 0 unspecified atom stereocenters. The fourth-order valence-corrected chi connectivity index (χ4v) is 5.92. The Hall–Kier alpha value is -3.70. The minimum atomic E-state index is -1.67. The first-order chi connectivity index (χ1) is 19.0. The molecular weight excluding hydrogens is 538 g/mol. The van der Waals surface area contributed by atoms with Gasteiger partial charge in [0, 0.05) is 30.1 Å². The lowest BCUT2D eigenvalue weighted by Crippen LogP contribution is -2.58. The maximum absolute atomic E-state index is 14.1. The standard InChI is InChI=1S/C29H32F2N4O4S/c1-29(2)25(27(38)32-16-19-20(30)11-7-12-21(19)31)35(17-40-29)28(39)24(36)22(15-18-9-5-4-6-10-18)33-26(37)23-13-8-14-34(23)3/h4-14,22,24-25,36H,15-17H2,1-3H3,(H,32,38)(H,33,37)/t22-,24-,25+/m0/s1. The van der Waals surface area contributed by atoms with Crippen molar-refractivity contribution in [3.63, 3.8) is 0 Å². The van der Waals surface area contributed by atoms with Crippen molar-refractivity contribution in [3.05, 3.63) is 95.3 Å².